The molecule has 20 heavy (non-hydrogen) atoms. The second kappa shape index (κ2) is 5.34. The molecule has 0 aromatic carbocycles. The van der Waals surface area contributed by atoms with Gasteiger partial charge in [-0.05, 0) is 24.3 Å². The van der Waals surface area contributed by atoms with E-state index in [1.54, 1.807) is 0 Å². The van der Waals surface area contributed by atoms with Crippen LogP contribution in [0.5, 0.6) is 0 Å². The number of hydrogen-bond acceptors (Lipinski definition) is 5. The molecule has 0 amide bonds. The van der Waals surface area contributed by atoms with Crippen LogP contribution in [0.15, 0.2) is 16.2 Å². The van der Waals surface area contributed by atoms with E-state index in [2.05, 4.69) is 14.9 Å². The first-order valence-electron chi connectivity index (χ1n) is 6.56. The second-order valence-electron chi connectivity index (χ2n) is 4.99. The van der Waals surface area contributed by atoms with E-state index >= 15 is 0 Å². The first-order chi connectivity index (χ1) is 9.63. The Bertz CT molecular complexity index is 689. The van der Waals surface area contributed by atoms with Gasteiger partial charge in [0, 0.05) is 12.6 Å². The van der Waals surface area contributed by atoms with Crippen molar-refractivity contribution in [2.75, 3.05) is 6.54 Å². The average molecular weight is 293 g/mol. The molecule has 2 aromatic heterocycles. The maximum absolute atomic E-state index is 11.9. The van der Waals surface area contributed by atoms with Gasteiger partial charge in [0.25, 0.3) is 5.56 Å². The Morgan fingerprint density at radius 3 is 3.05 bits per heavy atom. The molecule has 3 rings (SSSR count). The second-order valence-corrected chi connectivity index (χ2v) is 5.91. The van der Waals surface area contributed by atoms with Crippen LogP contribution in [0.25, 0.3) is 10.2 Å². The van der Waals surface area contributed by atoms with Gasteiger partial charge in [0.2, 0.25) is 0 Å². The lowest BCUT2D eigenvalue weighted by Gasteiger charge is -2.20. The van der Waals surface area contributed by atoms with Gasteiger partial charge in [-0.25, -0.2) is 4.98 Å². The van der Waals surface area contributed by atoms with E-state index in [1.165, 1.54) is 11.3 Å². The summed E-state index contributed by atoms with van der Waals surface area (Å²) in [7, 11) is 0. The molecule has 0 bridgehead atoms. The summed E-state index contributed by atoms with van der Waals surface area (Å²) in [5, 5.41) is 10.6. The summed E-state index contributed by atoms with van der Waals surface area (Å²) >= 11 is 1.38. The molecule has 6 nitrogen and oxygen atoms in total. The number of carboxylic acids is 1. The molecule has 0 saturated heterocycles. The van der Waals surface area contributed by atoms with Gasteiger partial charge < -0.3 is 10.1 Å². The standard InChI is InChI=1S/C13H15N3O3S/c17-11(18)3-5-16(8-1-2-8)7-10-14-9-4-6-20-12(9)13(19)15-10/h4,6,8H,1-3,5,7H2,(H,17,18)(H,14,15,19). The van der Waals surface area contributed by atoms with Gasteiger partial charge in [0.15, 0.2) is 0 Å². The van der Waals surface area contributed by atoms with Crippen LogP contribution in [-0.4, -0.2) is 38.5 Å². The molecule has 0 spiro atoms. The molecule has 106 valence electrons. The zero-order valence-corrected chi connectivity index (χ0v) is 11.7. The van der Waals surface area contributed by atoms with Crippen LogP contribution in [0.2, 0.25) is 0 Å². The lowest BCUT2D eigenvalue weighted by molar-refractivity contribution is -0.137. The molecular weight excluding hydrogens is 278 g/mol. The minimum atomic E-state index is -0.801. The lowest BCUT2D eigenvalue weighted by Crippen LogP contribution is -2.30. The van der Waals surface area contributed by atoms with Crippen molar-refractivity contribution < 1.29 is 9.90 Å². The van der Waals surface area contributed by atoms with Crippen molar-refractivity contribution in [2.45, 2.75) is 31.8 Å². The van der Waals surface area contributed by atoms with Gasteiger partial charge >= 0.3 is 5.97 Å². The van der Waals surface area contributed by atoms with Crippen molar-refractivity contribution in [2.24, 2.45) is 0 Å². The van der Waals surface area contributed by atoms with E-state index in [0.29, 0.717) is 35.2 Å². The molecule has 0 aliphatic heterocycles. The van der Waals surface area contributed by atoms with E-state index in [-0.39, 0.29) is 12.0 Å². The number of fused-ring (bicyclic) bond motifs is 1. The van der Waals surface area contributed by atoms with Crippen LogP contribution in [0, 0.1) is 0 Å². The lowest BCUT2D eigenvalue weighted by atomic mass is 10.3. The van der Waals surface area contributed by atoms with Gasteiger partial charge in [-0.2, -0.15) is 0 Å². The third kappa shape index (κ3) is 2.88. The number of carboxylic acid groups (broad SMARTS) is 1. The summed E-state index contributed by atoms with van der Waals surface area (Å²) in [4.78, 5) is 31.9. The van der Waals surface area contributed by atoms with Crippen LogP contribution in [0.3, 0.4) is 0 Å². The van der Waals surface area contributed by atoms with Crippen LogP contribution < -0.4 is 5.56 Å². The summed E-state index contributed by atoms with van der Waals surface area (Å²) in [5.74, 6) is -0.191. The minimum Gasteiger partial charge on any atom is -0.481 e. The Morgan fingerprint density at radius 1 is 1.55 bits per heavy atom. The monoisotopic (exact) mass is 293 g/mol. The Hall–Kier alpha value is -1.73. The van der Waals surface area contributed by atoms with E-state index in [4.69, 9.17) is 5.11 Å². The molecule has 2 heterocycles. The highest BCUT2D eigenvalue weighted by Gasteiger charge is 2.29. The summed E-state index contributed by atoms with van der Waals surface area (Å²) in [6, 6.07) is 2.26. The van der Waals surface area contributed by atoms with E-state index in [9.17, 15) is 9.59 Å². The van der Waals surface area contributed by atoms with Gasteiger partial charge in [-0.15, -0.1) is 11.3 Å². The average Bonchev–Trinajstić information content (AvgIpc) is 3.12. The first kappa shape index (κ1) is 13.3. The van der Waals surface area contributed by atoms with Crippen molar-refractivity contribution >= 4 is 27.5 Å². The Balaban J connectivity index is 1.79. The zero-order valence-electron chi connectivity index (χ0n) is 10.8. The van der Waals surface area contributed by atoms with Gasteiger partial charge in [0.1, 0.15) is 10.5 Å². The predicted molar refractivity (Wildman–Crippen MR) is 75.9 cm³/mol. The molecule has 1 fully saturated rings. The number of hydrogen-bond donors (Lipinski definition) is 2. The largest absolute Gasteiger partial charge is 0.481 e. The van der Waals surface area contributed by atoms with Crippen molar-refractivity contribution in [3.8, 4) is 0 Å². The summed E-state index contributed by atoms with van der Waals surface area (Å²) in [6.45, 7) is 0.990. The number of rotatable bonds is 6. The highest BCUT2D eigenvalue weighted by atomic mass is 32.1. The van der Waals surface area contributed by atoms with Crippen LogP contribution >= 0.6 is 11.3 Å². The molecule has 0 radical (unpaired) electrons. The number of H-pyrrole nitrogens is 1. The Labute approximate surface area is 119 Å². The number of aliphatic carboxylic acids is 1. The zero-order chi connectivity index (χ0) is 14.1. The topological polar surface area (TPSA) is 86.3 Å². The summed E-state index contributed by atoms with van der Waals surface area (Å²) < 4.78 is 0.636. The molecule has 1 aliphatic rings. The molecule has 1 saturated carbocycles. The molecule has 2 aromatic rings. The smallest absolute Gasteiger partial charge is 0.304 e. The third-order valence-corrected chi connectivity index (χ3v) is 4.30. The fourth-order valence-corrected chi connectivity index (χ4v) is 2.98. The highest BCUT2D eigenvalue weighted by molar-refractivity contribution is 7.17. The summed E-state index contributed by atoms with van der Waals surface area (Å²) in [6.07, 6.45) is 2.29. The van der Waals surface area contributed by atoms with E-state index in [1.807, 2.05) is 11.4 Å². The quantitative estimate of drug-likeness (QED) is 0.841. The van der Waals surface area contributed by atoms with Crippen molar-refractivity contribution in [3.63, 3.8) is 0 Å². The number of aromatic nitrogens is 2. The summed E-state index contributed by atoms with van der Waals surface area (Å²) in [5.41, 5.74) is 0.594. The number of nitrogens with zero attached hydrogens (tertiary/aromatic N) is 2. The normalized spacial score (nSPS) is 15.1. The number of carbonyl (C=O) groups is 1. The number of thiophene rings is 1. The highest BCUT2D eigenvalue weighted by Crippen LogP contribution is 2.28. The number of nitrogens with one attached hydrogen (secondary N) is 1. The van der Waals surface area contributed by atoms with Crippen LogP contribution in [-0.2, 0) is 11.3 Å². The van der Waals surface area contributed by atoms with Crippen LogP contribution in [0.1, 0.15) is 25.1 Å². The molecular formula is C13H15N3O3S. The first-order valence-corrected chi connectivity index (χ1v) is 7.43. The van der Waals surface area contributed by atoms with Gasteiger partial charge in [0.05, 0.1) is 18.5 Å². The molecule has 1 aliphatic carbocycles. The van der Waals surface area contributed by atoms with Gasteiger partial charge in [-0.1, -0.05) is 0 Å². The fourth-order valence-electron chi connectivity index (χ4n) is 2.26. The Kier molecular flexibility index (Phi) is 3.54. The maximum Gasteiger partial charge on any atom is 0.304 e. The number of aromatic amines is 1. The van der Waals surface area contributed by atoms with Gasteiger partial charge in [-0.3, -0.25) is 14.5 Å². The third-order valence-electron chi connectivity index (χ3n) is 3.39. The van der Waals surface area contributed by atoms with E-state index < -0.39 is 5.97 Å². The molecule has 0 atom stereocenters. The van der Waals surface area contributed by atoms with Crippen molar-refractivity contribution in [3.05, 3.63) is 27.6 Å². The van der Waals surface area contributed by atoms with E-state index in [0.717, 1.165) is 12.8 Å². The maximum atomic E-state index is 11.9. The molecule has 0 unspecified atom stereocenters. The SMILES string of the molecule is O=C(O)CCN(Cc1nc2ccsc2c(=O)[nH]1)C1CC1. The predicted octanol–water partition coefficient (Wildman–Crippen LogP) is 1.42. The molecule has 7 heteroatoms. The minimum absolute atomic E-state index is 0.113. The fraction of sp³-hybridized carbons (Fsp3) is 0.462. The van der Waals surface area contributed by atoms with Crippen molar-refractivity contribution in [1.82, 2.24) is 14.9 Å². The van der Waals surface area contributed by atoms with Crippen LogP contribution in [0.4, 0.5) is 0 Å². The molecule has 2 N–H and O–H groups in total. The Morgan fingerprint density at radius 2 is 2.35 bits per heavy atom. The van der Waals surface area contributed by atoms with Crippen molar-refractivity contribution in [1.29, 1.82) is 0 Å².